The van der Waals surface area contributed by atoms with E-state index in [2.05, 4.69) is 15.0 Å². The number of aryl methyl sites for hydroxylation is 1. The second-order valence-electron chi connectivity index (χ2n) is 2.59. The maximum Gasteiger partial charge on any atom is 0.270 e. The van der Waals surface area contributed by atoms with Crippen LogP contribution in [0.2, 0.25) is 0 Å². The molecule has 13 heavy (non-hydrogen) atoms. The van der Waals surface area contributed by atoms with Crippen molar-refractivity contribution in [2.75, 3.05) is 5.73 Å². The van der Waals surface area contributed by atoms with Gasteiger partial charge in [0.2, 0.25) is 5.95 Å². The van der Waals surface area contributed by atoms with Gasteiger partial charge in [-0.15, -0.1) is 0 Å². The predicted octanol–water partition coefficient (Wildman–Crippen LogP) is -0.694. The van der Waals surface area contributed by atoms with Gasteiger partial charge in [0.15, 0.2) is 5.65 Å². The molecule has 0 unspecified atom stereocenters. The van der Waals surface area contributed by atoms with Crippen molar-refractivity contribution in [3.05, 3.63) is 22.7 Å². The molecule has 2 heterocycles. The van der Waals surface area contributed by atoms with Crippen LogP contribution in [0.3, 0.4) is 0 Å². The number of hydrogen-bond donors (Lipinski definition) is 1. The van der Waals surface area contributed by atoms with Gasteiger partial charge in [-0.05, 0) is 0 Å². The highest BCUT2D eigenvalue weighted by atomic mass is 16.1. The zero-order valence-corrected chi connectivity index (χ0v) is 6.93. The Hall–Kier alpha value is -1.98. The Morgan fingerprint density at radius 3 is 2.92 bits per heavy atom. The van der Waals surface area contributed by atoms with Crippen LogP contribution in [0.5, 0.6) is 0 Å². The standard InChI is InChI=1S/C7H7N5O/c1-12-5(13)3-9-4-2-10-7(8)11-6(4)12/h2-3H,1H3,(H2,8,10,11). The summed E-state index contributed by atoms with van der Waals surface area (Å²) in [5.41, 5.74) is 6.16. The van der Waals surface area contributed by atoms with Gasteiger partial charge in [0.25, 0.3) is 5.56 Å². The van der Waals surface area contributed by atoms with Crippen LogP contribution < -0.4 is 11.3 Å². The van der Waals surface area contributed by atoms with E-state index in [0.717, 1.165) is 0 Å². The number of nitrogen functional groups attached to an aromatic ring is 1. The fraction of sp³-hybridized carbons (Fsp3) is 0.143. The van der Waals surface area contributed by atoms with E-state index in [1.54, 1.807) is 7.05 Å². The average Bonchev–Trinajstić information content (AvgIpc) is 2.12. The summed E-state index contributed by atoms with van der Waals surface area (Å²) in [6, 6.07) is 0. The van der Waals surface area contributed by atoms with Crippen LogP contribution in [-0.4, -0.2) is 19.5 Å². The van der Waals surface area contributed by atoms with Crippen molar-refractivity contribution in [2.24, 2.45) is 7.05 Å². The Morgan fingerprint density at radius 1 is 1.38 bits per heavy atom. The van der Waals surface area contributed by atoms with Crippen LogP contribution in [0.15, 0.2) is 17.2 Å². The SMILES string of the molecule is Cn1c(=O)cnc2cnc(N)nc21. The van der Waals surface area contributed by atoms with E-state index in [1.165, 1.54) is 17.0 Å². The van der Waals surface area contributed by atoms with Gasteiger partial charge >= 0.3 is 0 Å². The summed E-state index contributed by atoms with van der Waals surface area (Å²) in [7, 11) is 1.61. The minimum absolute atomic E-state index is 0.135. The number of nitrogens with zero attached hydrogens (tertiary/aromatic N) is 4. The summed E-state index contributed by atoms with van der Waals surface area (Å²) >= 11 is 0. The molecule has 0 aliphatic carbocycles. The molecule has 0 saturated carbocycles. The van der Waals surface area contributed by atoms with Crippen molar-refractivity contribution in [2.45, 2.75) is 0 Å². The van der Waals surface area contributed by atoms with E-state index in [9.17, 15) is 4.79 Å². The lowest BCUT2D eigenvalue weighted by molar-refractivity contribution is 0.870. The smallest absolute Gasteiger partial charge is 0.270 e. The van der Waals surface area contributed by atoms with Crippen molar-refractivity contribution in [1.82, 2.24) is 19.5 Å². The molecule has 0 aliphatic heterocycles. The Bertz CT molecular complexity index is 518. The van der Waals surface area contributed by atoms with Crippen LogP contribution >= 0.6 is 0 Å². The Morgan fingerprint density at radius 2 is 2.15 bits per heavy atom. The highest BCUT2D eigenvalue weighted by Crippen LogP contribution is 2.03. The van der Waals surface area contributed by atoms with Gasteiger partial charge in [0.05, 0.1) is 12.4 Å². The van der Waals surface area contributed by atoms with E-state index >= 15 is 0 Å². The molecular weight excluding hydrogens is 170 g/mol. The molecule has 2 rings (SSSR count). The predicted molar refractivity (Wildman–Crippen MR) is 47.0 cm³/mol. The Kier molecular flexibility index (Phi) is 1.48. The largest absolute Gasteiger partial charge is 0.368 e. The van der Waals surface area contributed by atoms with Gasteiger partial charge in [-0.2, -0.15) is 4.98 Å². The van der Waals surface area contributed by atoms with E-state index in [4.69, 9.17) is 5.73 Å². The van der Waals surface area contributed by atoms with Crippen molar-refractivity contribution >= 4 is 17.1 Å². The maximum absolute atomic E-state index is 11.1. The summed E-state index contributed by atoms with van der Waals surface area (Å²) in [6.45, 7) is 0. The van der Waals surface area contributed by atoms with E-state index < -0.39 is 0 Å². The molecule has 6 nitrogen and oxygen atoms in total. The third-order valence-corrected chi connectivity index (χ3v) is 1.73. The minimum Gasteiger partial charge on any atom is -0.368 e. The molecular formula is C7H7N5O. The van der Waals surface area contributed by atoms with Gasteiger partial charge in [-0.3, -0.25) is 9.36 Å². The second kappa shape index (κ2) is 2.51. The maximum atomic E-state index is 11.1. The Labute approximate surface area is 73.1 Å². The van der Waals surface area contributed by atoms with Crippen molar-refractivity contribution in [1.29, 1.82) is 0 Å². The number of nitrogens with two attached hydrogens (primary N) is 1. The van der Waals surface area contributed by atoms with Gasteiger partial charge in [-0.25, -0.2) is 9.97 Å². The quantitative estimate of drug-likeness (QED) is 0.575. The number of aromatic nitrogens is 4. The summed E-state index contributed by atoms with van der Waals surface area (Å²) in [5, 5.41) is 0. The molecule has 6 heteroatoms. The molecule has 0 radical (unpaired) electrons. The van der Waals surface area contributed by atoms with Gasteiger partial charge in [0, 0.05) is 7.05 Å². The molecule has 0 aromatic carbocycles. The van der Waals surface area contributed by atoms with Crippen LogP contribution in [0.25, 0.3) is 11.2 Å². The number of anilines is 1. The number of rotatable bonds is 0. The first-order valence-electron chi connectivity index (χ1n) is 3.63. The minimum atomic E-state index is -0.217. The first-order chi connectivity index (χ1) is 6.18. The van der Waals surface area contributed by atoms with Crippen LogP contribution in [0.1, 0.15) is 0 Å². The van der Waals surface area contributed by atoms with Gasteiger partial charge in [-0.1, -0.05) is 0 Å². The molecule has 0 bridgehead atoms. The molecule has 2 aromatic heterocycles. The molecule has 2 N–H and O–H groups in total. The van der Waals surface area contributed by atoms with E-state index in [-0.39, 0.29) is 11.5 Å². The molecule has 66 valence electrons. The molecule has 0 spiro atoms. The average molecular weight is 177 g/mol. The lowest BCUT2D eigenvalue weighted by Gasteiger charge is -2.01. The fourth-order valence-corrected chi connectivity index (χ4v) is 1.03. The Balaban J connectivity index is 2.97. The van der Waals surface area contributed by atoms with Crippen LogP contribution in [-0.2, 0) is 7.05 Å². The highest BCUT2D eigenvalue weighted by molar-refractivity contribution is 5.69. The number of fused-ring (bicyclic) bond motifs is 1. The summed E-state index contributed by atoms with van der Waals surface area (Å²) in [6.07, 6.45) is 2.71. The van der Waals surface area contributed by atoms with Crippen molar-refractivity contribution in [3.8, 4) is 0 Å². The van der Waals surface area contributed by atoms with Gasteiger partial charge in [0.1, 0.15) is 5.52 Å². The summed E-state index contributed by atoms with van der Waals surface area (Å²) in [4.78, 5) is 22.7. The molecule has 0 saturated heterocycles. The van der Waals surface area contributed by atoms with Crippen molar-refractivity contribution < 1.29 is 0 Å². The summed E-state index contributed by atoms with van der Waals surface area (Å²) < 4.78 is 1.38. The van der Waals surface area contributed by atoms with Crippen LogP contribution in [0.4, 0.5) is 5.95 Å². The van der Waals surface area contributed by atoms with Crippen LogP contribution in [0, 0.1) is 0 Å². The fourth-order valence-electron chi connectivity index (χ4n) is 1.03. The monoisotopic (exact) mass is 177 g/mol. The highest BCUT2D eigenvalue weighted by Gasteiger charge is 2.02. The molecule has 0 aliphatic rings. The molecule has 0 amide bonds. The zero-order chi connectivity index (χ0) is 9.42. The van der Waals surface area contributed by atoms with E-state index in [1.807, 2.05) is 0 Å². The summed E-state index contributed by atoms with van der Waals surface area (Å²) in [5.74, 6) is 0.135. The zero-order valence-electron chi connectivity index (χ0n) is 6.93. The topological polar surface area (TPSA) is 86.7 Å². The van der Waals surface area contributed by atoms with Gasteiger partial charge < -0.3 is 5.73 Å². The van der Waals surface area contributed by atoms with Crippen molar-refractivity contribution in [3.63, 3.8) is 0 Å². The number of hydrogen-bond acceptors (Lipinski definition) is 5. The first-order valence-corrected chi connectivity index (χ1v) is 3.63. The third kappa shape index (κ3) is 1.12. The second-order valence-corrected chi connectivity index (χ2v) is 2.59. The molecule has 0 atom stereocenters. The molecule has 2 aromatic rings. The lowest BCUT2D eigenvalue weighted by atomic mass is 10.5. The lowest BCUT2D eigenvalue weighted by Crippen LogP contribution is -2.18. The van der Waals surface area contributed by atoms with E-state index in [0.29, 0.717) is 11.2 Å². The molecule has 0 fully saturated rings. The third-order valence-electron chi connectivity index (χ3n) is 1.73. The first kappa shape index (κ1) is 7.66. The normalized spacial score (nSPS) is 10.5.